The minimum atomic E-state index is -0.601. The molecule has 0 radical (unpaired) electrons. The molecule has 3 fully saturated rings. The average molecular weight is 304 g/mol. The van der Waals surface area contributed by atoms with Gasteiger partial charge in [0.25, 0.3) is 0 Å². The topological polar surface area (TPSA) is 52.6 Å². The predicted molar refractivity (Wildman–Crippen MR) is 85.3 cm³/mol. The number of carboxylic acid groups (broad SMARTS) is 1. The van der Waals surface area contributed by atoms with Gasteiger partial charge in [0.05, 0.1) is 5.92 Å². The molecule has 22 heavy (non-hydrogen) atoms. The fraction of sp³-hybridized carbons (Fsp3) is 0.833. The molecule has 2 aliphatic carbocycles. The Morgan fingerprint density at radius 3 is 3.05 bits per heavy atom. The van der Waals surface area contributed by atoms with Crippen molar-refractivity contribution in [2.24, 2.45) is 23.2 Å². The minimum Gasteiger partial charge on any atom is -0.481 e. The molecule has 4 rings (SSSR count). The van der Waals surface area contributed by atoms with Gasteiger partial charge in [-0.25, -0.2) is 0 Å². The summed E-state index contributed by atoms with van der Waals surface area (Å²) in [5.74, 6) is 0.529. The van der Waals surface area contributed by atoms with Gasteiger partial charge in [-0.15, -0.1) is 0 Å². The van der Waals surface area contributed by atoms with Crippen molar-refractivity contribution in [1.82, 2.24) is 10.2 Å². The summed E-state index contributed by atoms with van der Waals surface area (Å²) < 4.78 is 0. The first-order valence-electron chi connectivity index (χ1n) is 8.96. The van der Waals surface area contributed by atoms with E-state index in [1.807, 2.05) is 0 Å². The second kappa shape index (κ2) is 4.98. The second-order valence-electron chi connectivity index (χ2n) is 8.11. The van der Waals surface area contributed by atoms with Crippen LogP contribution in [-0.4, -0.2) is 41.1 Å². The van der Waals surface area contributed by atoms with Gasteiger partial charge in [0.1, 0.15) is 0 Å². The number of hydrogen-bond acceptors (Lipinski definition) is 3. The second-order valence-corrected chi connectivity index (χ2v) is 8.11. The Labute approximate surface area is 132 Å². The Morgan fingerprint density at radius 1 is 1.50 bits per heavy atom. The Morgan fingerprint density at radius 2 is 2.32 bits per heavy atom. The number of nitrogens with one attached hydrogen (secondary N) is 1. The van der Waals surface area contributed by atoms with Crippen LogP contribution in [0, 0.1) is 23.2 Å². The van der Waals surface area contributed by atoms with Crippen LogP contribution in [0.15, 0.2) is 11.8 Å². The van der Waals surface area contributed by atoms with Crippen LogP contribution in [0.3, 0.4) is 0 Å². The molecule has 2 heterocycles. The number of likely N-dealkylation sites (tertiary alicyclic amines) is 1. The average Bonchev–Trinajstić information content (AvgIpc) is 2.92. The van der Waals surface area contributed by atoms with E-state index in [0.29, 0.717) is 23.9 Å². The molecular formula is C18H28N2O2. The maximum Gasteiger partial charge on any atom is 0.307 e. The third-order valence-corrected chi connectivity index (χ3v) is 7.18. The molecule has 2 aliphatic heterocycles. The van der Waals surface area contributed by atoms with Crippen molar-refractivity contribution in [3.05, 3.63) is 11.8 Å². The summed E-state index contributed by atoms with van der Waals surface area (Å²) in [5.41, 5.74) is 1.77. The first-order chi connectivity index (χ1) is 10.5. The summed E-state index contributed by atoms with van der Waals surface area (Å²) in [6.07, 6.45) is 8.14. The van der Waals surface area contributed by atoms with E-state index >= 15 is 0 Å². The number of piperidine rings is 1. The molecule has 0 aromatic heterocycles. The van der Waals surface area contributed by atoms with E-state index in [9.17, 15) is 9.90 Å². The molecule has 3 unspecified atom stereocenters. The van der Waals surface area contributed by atoms with Crippen molar-refractivity contribution < 1.29 is 9.90 Å². The molecule has 2 saturated carbocycles. The maximum absolute atomic E-state index is 11.7. The number of rotatable bonds is 2. The summed E-state index contributed by atoms with van der Waals surface area (Å²) >= 11 is 0. The minimum absolute atomic E-state index is 0.157. The van der Waals surface area contributed by atoms with Gasteiger partial charge in [-0.3, -0.25) is 9.69 Å². The van der Waals surface area contributed by atoms with Crippen LogP contribution in [-0.2, 0) is 4.79 Å². The molecule has 6 atom stereocenters. The molecule has 0 aromatic carbocycles. The largest absolute Gasteiger partial charge is 0.481 e. The van der Waals surface area contributed by atoms with E-state index in [0.717, 1.165) is 25.9 Å². The molecule has 1 saturated heterocycles. The SMILES string of the molecule is CCN1C[C@H](C(=O)O)C[C@]2(C)C3CCCC4NC=C(C[C@@H]12)C43. The van der Waals surface area contributed by atoms with Gasteiger partial charge < -0.3 is 10.4 Å². The molecule has 0 aromatic rings. The van der Waals surface area contributed by atoms with Crippen LogP contribution < -0.4 is 5.32 Å². The van der Waals surface area contributed by atoms with Gasteiger partial charge in [0.2, 0.25) is 0 Å². The van der Waals surface area contributed by atoms with Crippen molar-refractivity contribution in [3.63, 3.8) is 0 Å². The lowest BCUT2D eigenvalue weighted by molar-refractivity contribution is -0.153. The van der Waals surface area contributed by atoms with Gasteiger partial charge in [0, 0.05) is 24.5 Å². The molecular weight excluding hydrogens is 276 g/mol. The lowest BCUT2D eigenvalue weighted by atomic mass is 9.50. The Balaban J connectivity index is 1.72. The summed E-state index contributed by atoms with van der Waals surface area (Å²) in [4.78, 5) is 14.1. The fourth-order valence-corrected chi connectivity index (χ4v) is 6.20. The highest BCUT2D eigenvalue weighted by Crippen LogP contribution is 2.59. The number of aliphatic carboxylic acids is 1. The zero-order chi connectivity index (χ0) is 15.5. The molecule has 4 nitrogen and oxygen atoms in total. The first-order valence-corrected chi connectivity index (χ1v) is 8.96. The predicted octanol–water partition coefficient (Wildman–Crippen LogP) is 2.46. The number of fused-ring (bicyclic) bond motifs is 2. The molecule has 4 heteroatoms. The summed E-state index contributed by atoms with van der Waals surface area (Å²) in [6, 6.07) is 1.14. The van der Waals surface area contributed by atoms with Gasteiger partial charge in [0.15, 0.2) is 0 Å². The third kappa shape index (κ3) is 1.89. The highest BCUT2D eigenvalue weighted by molar-refractivity contribution is 5.70. The first kappa shape index (κ1) is 14.6. The van der Waals surface area contributed by atoms with Gasteiger partial charge in [-0.1, -0.05) is 20.3 Å². The molecule has 2 N–H and O–H groups in total. The summed E-state index contributed by atoms with van der Waals surface area (Å²) in [6.45, 7) is 6.28. The molecule has 0 spiro atoms. The van der Waals surface area contributed by atoms with E-state index in [-0.39, 0.29) is 11.3 Å². The van der Waals surface area contributed by atoms with Crippen molar-refractivity contribution in [2.75, 3.05) is 13.1 Å². The zero-order valence-corrected chi connectivity index (χ0v) is 13.7. The molecule has 122 valence electrons. The van der Waals surface area contributed by atoms with Crippen LogP contribution in [0.2, 0.25) is 0 Å². The number of carboxylic acids is 1. The summed E-state index contributed by atoms with van der Waals surface area (Å²) in [7, 11) is 0. The normalized spacial score (nSPS) is 47.2. The summed E-state index contributed by atoms with van der Waals surface area (Å²) in [5, 5.41) is 13.2. The van der Waals surface area contributed by atoms with E-state index in [1.165, 1.54) is 19.3 Å². The number of hydrogen-bond donors (Lipinski definition) is 2. The molecule has 0 amide bonds. The van der Waals surface area contributed by atoms with E-state index in [2.05, 4.69) is 30.3 Å². The third-order valence-electron chi connectivity index (χ3n) is 7.18. The van der Waals surface area contributed by atoms with Crippen LogP contribution in [0.1, 0.15) is 46.0 Å². The van der Waals surface area contributed by atoms with E-state index < -0.39 is 5.97 Å². The van der Waals surface area contributed by atoms with Crippen molar-refractivity contribution in [3.8, 4) is 0 Å². The van der Waals surface area contributed by atoms with Crippen LogP contribution in [0.25, 0.3) is 0 Å². The number of carbonyl (C=O) groups is 1. The van der Waals surface area contributed by atoms with Crippen LogP contribution in [0.4, 0.5) is 0 Å². The lowest BCUT2D eigenvalue weighted by Gasteiger charge is -2.60. The van der Waals surface area contributed by atoms with Crippen molar-refractivity contribution in [2.45, 2.75) is 58.0 Å². The highest BCUT2D eigenvalue weighted by Gasteiger charge is 2.58. The monoisotopic (exact) mass is 304 g/mol. The van der Waals surface area contributed by atoms with Gasteiger partial charge in [-0.05, 0) is 55.3 Å². The van der Waals surface area contributed by atoms with E-state index in [4.69, 9.17) is 0 Å². The smallest absolute Gasteiger partial charge is 0.307 e. The fourth-order valence-electron chi connectivity index (χ4n) is 6.20. The Bertz CT molecular complexity index is 517. The van der Waals surface area contributed by atoms with Gasteiger partial charge in [-0.2, -0.15) is 0 Å². The Kier molecular flexibility index (Phi) is 3.30. The van der Waals surface area contributed by atoms with Crippen molar-refractivity contribution in [1.29, 1.82) is 0 Å². The van der Waals surface area contributed by atoms with Gasteiger partial charge >= 0.3 is 5.97 Å². The van der Waals surface area contributed by atoms with Crippen LogP contribution in [0.5, 0.6) is 0 Å². The Hall–Kier alpha value is -1.03. The maximum atomic E-state index is 11.7. The molecule has 4 aliphatic rings. The highest BCUT2D eigenvalue weighted by atomic mass is 16.4. The standard InChI is InChI=1S/C18H28N2O2/c1-3-20-10-12(17(21)22)8-18(2)13-5-4-6-14-16(13)11(9-19-14)7-15(18)20/h9,12-16,19H,3-8,10H2,1-2H3,(H,21,22)/t12-,13?,14?,15-,16?,18-/m1/s1. The van der Waals surface area contributed by atoms with Crippen molar-refractivity contribution >= 4 is 5.97 Å². The number of nitrogens with zero attached hydrogens (tertiary/aromatic N) is 1. The quantitative estimate of drug-likeness (QED) is 0.823. The zero-order valence-electron chi connectivity index (χ0n) is 13.7. The molecule has 0 bridgehead atoms. The van der Waals surface area contributed by atoms with Crippen LogP contribution >= 0.6 is 0 Å². The van der Waals surface area contributed by atoms with E-state index in [1.54, 1.807) is 5.57 Å². The lowest BCUT2D eigenvalue weighted by Crippen LogP contribution is -2.62.